The maximum absolute atomic E-state index is 11.1. The molecule has 2 unspecified atom stereocenters. The maximum atomic E-state index is 11.1. The van der Waals surface area contributed by atoms with E-state index in [0.717, 1.165) is 12.2 Å². The molecular formula is C13H16O3. The van der Waals surface area contributed by atoms with Gasteiger partial charge in [0.25, 0.3) is 0 Å². The molecule has 0 spiro atoms. The Morgan fingerprint density at radius 2 is 2.00 bits per heavy atom. The zero-order valence-electron chi connectivity index (χ0n) is 9.60. The van der Waals surface area contributed by atoms with Crippen LogP contribution in [0, 0.1) is 5.92 Å². The smallest absolute Gasteiger partial charge is 0.305 e. The van der Waals surface area contributed by atoms with Crippen LogP contribution in [0.3, 0.4) is 0 Å². The van der Waals surface area contributed by atoms with E-state index in [0.29, 0.717) is 18.3 Å². The second-order valence-electron chi connectivity index (χ2n) is 4.16. The van der Waals surface area contributed by atoms with Gasteiger partial charge in [0.05, 0.1) is 14.2 Å². The van der Waals surface area contributed by atoms with Crippen molar-refractivity contribution in [2.45, 2.75) is 18.8 Å². The Morgan fingerprint density at radius 3 is 2.56 bits per heavy atom. The van der Waals surface area contributed by atoms with E-state index in [4.69, 9.17) is 4.74 Å². The summed E-state index contributed by atoms with van der Waals surface area (Å²) in [5, 5.41) is 0. The number of esters is 1. The van der Waals surface area contributed by atoms with Gasteiger partial charge in [-0.15, -0.1) is 0 Å². The van der Waals surface area contributed by atoms with E-state index in [1.807, 2.05) is 12.1 Å². The van der Waals surface area contributed by atoms with Crippen molar-refractivity contribution in [3.05, 3.63) is 29.8 Å². The molecule has 0 bridgehead atoms. The van der Waals surface area contributed by atoms with Gasteiger partial charge < -0.3 is 9.47 Å². The lowest BCUT2D eigenvalue weighted by atomic mass is 10.1. The van der Waals surface area contributed by atoms with Gasteiger partial charge in [-0.25, -0.2) is 0 Å². The van der Waals surface area contributed by atoms with E-state index >= 15 is 0 Å². The predicted octanol–water partition coefficient (Wildman–Crippen LogP) is 2.36. The summed E-state index contributed by atoms with van der Waals surface area (Å²) < 4.78 is 9.77. The van der Waals surface area contributed by atoms with Crippen LogP contribution in [0.5, 0.6) is 5.75 Å². The third-order valence-electron chi connectivity index (χ3n) is 3.12. The molecule has 1 fully saturated rings. The minimum absolute atomic E-state index is 0.110. The van der Waals surface area contributed by atoms with Gasteiger partial charge in [0.1, 0.15) is 5.75 Å². The van der Waals surface area contributed by atoms with Crippen molar-refractivity contribution in [3.63, 3.8) is 0 Å². The van der Waals surface area contributed by atoms with Crippen molar-refractivity contribution in [3.8, 4) is 5.75 Å². The Bertz CT molecular complexity index is 369. The van der Waals surface area contributed by atoms with Crippen molar-refractivity contribution in [1.29, 1.82) is 0 Å². The highest BCUT2D eigenvalue weighted by Gasteiger charge is 2.39. The molecule has 3 heteroatoms. The number of carbonyl (C=O) groups is 1. The molecule has 86 valence electrons. The number of ether oxygens (including phenoxy) is 2. The van der Waals surface area contributed by atoms with Crippen LogP contribution in [0.1, 0.15) is 24.3 Å². The number of methoxy groups -OCH3 is 2. The number of hydrogen-bond acceptors (Lipinski definition) is 3. The molecule has 2 atom stereocenters. The van der Waals surface area contributed by atoms with Crippen molar-refractivity contribution in [2.24, 2.45) is 5.92 Å². The number of carbonyl (C=O) groups excluding carboxylic acids is 1. The van der Waals surface area contributed by atoms with Crippen molar-refractivity contribution in [2.75, 3.05) is 14.2 Å². The Kier molecular flexibility index (Phi) is 3.13. The summed E-state index contributed by atoms with van der Waals surface area (Å²) in [5.41, 5.74) is 1.29. The highest BCUT2D eigenvalue weighted by molar-refractivity contribution is 5.70. The normalized spacial score (nSPS) is 22.6. The minimum Gasteiger partial charge on any atom is -0.497 e. The quantitative estimate of drug-likeness (QED) is 0.731. The van der Waals surface area contributed by atoms with Gasteiger partial charge >= 0.3 is 5.97 Å². The van der Waals surface area contributed by atoms with Crippen LogP contribution in [0.15, 0.2) is 24.3 Å². The molecule has 0 radical (unpaired) electrons. The second-order valence-corrected chi connectivity index (χ2v) is 4.16. The molecule has 0 amide bonds. The zero-order valence-corrected chi connectivity index (χ0v) is 9.60. The Hall–Kier alpha value is -1.51. The van der Waals surface area contributed by atoms with Crippen LogP contribution >= 0.6 is 0 Å². The standard InChI is InChI=1S/C13H16O3/c1-15-11-5-3-9(4-6-11)12-7-10(12)8-13(14)16-2/h3-6,10,12H,7-8H2,1-2H3. The molecule has 1 aliphatic carbocycles. The number of rotatable bonds is 4. The largest absolute Gasteiger partial charge is 0.497 e. The first kappa shape index (κ1) is 11.0. The monoisotopic (exact) mass is 220 g/mol. The molecular weight excluding hydrogens is 204 g/mol. The first-order valence-electron chi connectivity index (χ1n) is 5.45. The van der Waals surface area contributed by atoms with Crippen molar-refractivity contribution >= 4 is 5.97 Å². The van der Waals surface area contributed by atoms with Gasteiger partial charge in [-0.3, -0.25) is 4.79 Å². The van der Waals surface area contributed by atoms with Gasteiger partial charge in [0.15, 0.2) is 0 Å². The van der Waals surface area contributed by atoms with E-state index in [-0.39, 0.29) is 5.97 Å². The molecule has 3 nitrogen and oxygen atoms in total. The zero-order chi connectivity index (χ0) is 11.5. The van der Waals surface area contributed by atoms with Gasteiger partial charge in [-0.1, -0.05) is 12.1 Å². The maximum Gasteiger partial charge on any atom is 0.305 e. The highest BCUT2D eigenvalue weighted by atomic mass is 16.5. The van der Waals surface area contributed by atoms with Gasteiger partial charge in [0, 0.05) is 6.42 Å². The van der Waals surface area contributed by atoms with E-state index in [1.54, 1.807) is 7.11 Å². The fourth-order valence-electron chi connectivity index (χ4n) is 2.03. The van der Waals surface area contributed by atoms with E-state index in [1.165, 1.54) is 12.7 Å². The molecule has 0 aromatic heterocycles. The summed E-state index contributed by atoms with van der Waals surface area (Å²) in [6.45, 7) is 0. The minimum atomic E-state index is -0.110. The predicted molar refractivity (Wildman–Crippen MR) is 60.5 cm³/mol. The topological polar surface area (TPSA) is 35.5 Å². The molecule has 16 heavy (non-hydrogen) atoms. The van der Waals surface area contributed by atoms with E-state index in [2.05, 4.69) is 16.9 Å². The number of hydrogen-bond donors (Lipinski definition) is 0. The van der Waals surface area contributed by atoms with Crippen LogP contribution in [-0.2, 0) is 9.53 Å². The molecule has 0 N–H and O–H groups in total. The summed E-state index contributed by atoms with van der Waals surface area (Å²) in [6, 6.07) is 8.06. The van der Waals surface area contributed by atoms with Gasteiger partial charge in [-0.2, -0.15) is 0 Å². The fraction of sp³-hybridized carbons (Fsp3) is 0.462. The number of benzene rings is 1. The van der Waals surface area contributed by atoms with Crippen molar-refractivity contribution < 1.29 is 14.3 Å². The van der Waals surface area contributed by atoms with E-state index < -0.39 is 0 Å². The average molecular weight is 220 g/mol. The average Bonchev–Trinajstić information content (AvgIpc) is 3.08. The summed E-state index contributed by atoms with van der Waals surface area (Å²) >= 11 is 0. The lowest BCUT2D eigenvalue weighted by Crippen LogP contribution is -2.01. The lowest BCUT2D eigenvalue weighted by molar-refractivity contribution is -0.141. The summed E-state index contributed by atoms with van der Waals surface area (Å²) in [7, 11) is 3.10. The molecule has 0 saturated heterocycles. The van der Waals surface area contributed by atoms with Crippen LogP contribution < -0.4 is 4.74 Å². The first-order valence-corrected chi connectivity index (χ1v) is 5.45. The SMILES string of the molecule is COC(=O)CC1CC1c1ccc(OC)cc1. The molecule has 1 aromatic rings. The molecule has 1 saturated carbocycles. The summed E-state index contributed by atoms with van der Waals surface area (Å²) in [4.78, 5) is 11.1. The summed E-state index contributed by atoms with van der Waals surface area (Å²) in [5.74, 6) is 1.74. The molecule has 0 heterocycles. The molecule has 1 aromatic carbocycles. The van der Waals surface area contributed by atoms with Gasteiger partial charge in [-0.05, 0) is 36.0 Å². The van der Waals surface area contributed by atoms with Crippen LogP contribution in [0.2, 0.25) is 0 Å². The molecule has 2 rings (SSSR count). The summed E-state index contributed by atoms with van der Waals surface area (Å²) in [6.07, 6.45) is 1.62. The Morgan fingerprint density at radius 1 is 1.31 bits per heavy atom. The Balaban J connectivity index is 1.92. The molecule has 1 aliphatic rings. The Labute approximate surface area is 95.4 Å². The lowest BCUT2D eigenvalue weighted by Gasteiger charge is -2.02. The molecule has 0 aliphatic heterocycles. The van der Waals surface area contributed by atoms with Crippen molar-refractivity contribution in [1.82, 2.24) is 0 Å². The van der Waals surface area contributed by atoms with Gasteiger partial charge in [0.2, 0.25) is 0 Å². The highest BCUT2D eigenvalue weighted by Crippen LogP contribution is 2.49. The van der Waals surface area contributed by atoms with Crippen LogP contribution in [0.4, 0.5) is 0 Å². The first-order chi connectivity index (χ1) is 7.74. The second kappa shape index (κ2) is 4.56. The third kappa shape index (κ3) is 2.35. The van der Waals surface area contributed by atoms with Crippen LogP contribution in [-0.4, -0.2) is 20.2 Å². The van der Waals surface area contributed by atoms with E-state index in [9.17, 15) is 4.79 Å². The fourth-order valence-corrected chi connectivity index (χ4v) is 2.03. The van der Waals surface area contributed by atoms with Crippen LogP contribution in [0.25, 0.3) is 0 Å². The third-order valence-corrected chi connectivity index (χ3v) is 3.12.